The second-order valence-electron chi connectivity index (χ2n) is 5.91. The zero-order valence-corrected chi connectivity index (χ0v) is 14.0. The molecule has 0 spiro atoms. The van der Waals surface area contributed by atoms with Gasteiger partial charge in [0.15, 0.2) is 0 Å². The zero-order valence-electron chi connectivity index (χ0n) is 14.0. The molecule has 0 amide bonds. The van der Waals surface area contributed by atoms with Gasteiger partial charge in [-0.15, -0.1) is 0 Å². The molecule has 0 bridgehead atoms. The summed E-state index contributed by atoms with van der Waals surface area (Å²) in [5.41, 5.74) is -1.92. The number of aryl methyl sites for hydroxylation is 2. The van der Waals surface area contributed by atoms with Gasteiger partial charge in [-0.3, -0.25) is 0 Å². The first-order valence-corrected chi connectivity index (χ1v) is 7.74. The van der Waals surface area contributed by atoms with Crippen molar-refractivity contribution < 1.29 is 24.2 Å². The van der Waals surface area contributed by atoms with Gasteiger partial charge in [0.25, 0.3) is 0 Å². The van der Waals surface area contributed by atoms with E-state index in [4.69, 9.17) is 8.83 Å². The molecule has 134 valence electrons. The van der Waals surface area contributed by atoms with Crippen molar-refractivity contribution in [3.8, 4) is 17.2 Å². The molecule has 3 rings (SSSR count). The Bertz CT molecular complexity index is 1030. The number of phenolic OH excluding ortho intramolecular Hbond substituents is 1. The van der Waals surface area contributed by atoms with E-state index >= 15 is 0 Å². The summed E-state index contributed by atoms with van der Waals surface area (Å²) in [6.45, 7) is 2.98. The van der Waals surface area contributed by atoms with Gasteiger partial charge >= 0.3 is 11.3 Å². The van der Waals surface area contributed by atoms with Crippen LogP contribution in [0.3, 0.4) is 0 Å². The third-order valence-electron chi connectivity index (χ3n) is 3.96. The smallest absolute Gasteiger partial charge is 0.343 e. The van der Waals surface area contributed by atoms with E-state index in [1.165, 1.54) is 44.2 Å². The predicted octanol–water partition coefficient (Wildman–Crippen LogP) is 2.51. The van der Waals surface area contributed by atoms with Gasteiger partial charge in [0.1, 0.15) is 28.8 Å². The maximum atomic E-state index is 12.4. The van der Waals surface area contributed by atoms with Gasteiger partial charge in [-0.05, 0) is 31.5 Å². The molecule has 0 saturated heterocycles. The highest BCUT2D eigenvalue weighted by Gasteiger charge is 2.30. The van der Waals surface area contributed by atoms with E-state index in [2.05, 4.69) is 0 Å². The fraction of sp³-hybridized carbons (Fsp3) is 0.158. The molecule has 0 aliphatic rings. The Morgan fingerprint density at radius 3 is 1.73 bits per heavy atom. The lowest BCUT2D eigenvalue weighted by Crippen LogP contribution is -2.21. The largest absolute Gasteiger partial charge is 0.508 e. The molecule has 3 N–H and O–H groups in total. The quantitative estimate of drug-likeness (QED) is 0.659. The van der Waals surface area contributed by atoms with E-state index in [0.29, 0.717) is 5.56 Å². The summed E-state index contributed by atoms with van der Waals surface area (Å²) in [5.74, 6) is -1.73. The number of phenols is 1. The van der Waals surface area contributed by atoms with Crippen LogP contribution in [0.5, 0.6) is 17.2 Å². The molecular weight excluding hydrogens is 340 g/mol. The predicted molar refractivity (Wildman–Crippen MR) is 91.8 cm³/mol. The van der Waals surface area contributed by atoms with E-state index in [0.717, 1.165) is 0 Å². The van der Waals surface area contributed by atoms with Crippen LogP contribution in [0.2, 0.25) is 0 Å². The molecule has 0 atom stereocenters. The van der Waals surface area contributed by atoms with Crippen LogP contribution in [0, 0.1) is 13.8 Å². The van der Waals surface area contributed by atoms with Gasteiger partial charge in [0.2, 0.25) is 0 Å². The van der Waals surface area contributed by atoms with Crippen molar-refractivity contribution in [3.63, 3.8) is 0 Å². The topological polar surface area (TPSA) is 121 Å². The molecule has 0 aliphatic heterocycles. The summed E-state index contributed by atoms with van der Waals surface area (Å²) in [7, 11) is 0. The van der Waals surface area contributed by atoms with Gasteiger partial charge in [-0.1, -0.05) is 12.1 Å². The molecular formula is C19H16O7. The first kappa shape index (κ1) is 17.3. The minimum Gasteiger partial charge on any atom is -0.508 e. The van der Waals surface area contributed by atoms with E-state index in [1.54, 1.807) is 6.07 Å². The summed E-state index contributed by atoms with van der Waals surface area (Å²) in [6.07, 6.45) is 0. The second-order valence-corrected chi connectivity index (χ2v) is 5.91. The van der Waals surface area contributed by atoms with Crippen molar-refractivity contribution in [1.29, 1.82) is 0 Å². The van der Waals surface area contributed by atoms with Crippen LogP contribution >= 0.6 is 0 Å². The first-order valence-electron chi connectivity index (χ1n) is 7.74. The van der Waals surface area contributed by atoms with Crippen LogP contribution in [0.15, 0.2) is 54.8 Å². The molecule has 26 heavy (non-hydrogen) atoms. The molecule has 0 aliphatic carbocycles. The Labute approximate surface area is 147 Å². The van der Waals surface area contributed by atoms with Crippen molar-refractivity contribution in [3.05, 3.63) is 85.4 Å². The molecule has 0 radical (unpaired) electrons. The van der Waals surface area contributed by atoms with Crippen LogP contribution in [-0.2, 0) is 0 Å². The molecule has 3 aromatic rings. The number of rotatable bonds is 3. The fourth-order valence-corrected chi connectivity index (χ4v) is 2.92. The van der Waals surface area contributed by atoms with Crippen LogP contribution < -0.4 is 11.3 Å². The van der Waals surface area contributed by atoms with E-state index in [-0.39, 0.29) is 28.4 Å². The molecule has 0 fully saturated rings. The summed E-state index contributed by atoms with van der Waals surface area (Å²) in [4.78, 5) is 24.8. The van der Waals surface area contributed by atoms with Crippen molar-refractivity contribution in [1.82, 2.24) is 0 Å². The van der Waals surface area contributed by atoms with Crippen LogP contribution in [0.1, 0.15) is 34.1 Å². The van der Waals surface area contributed by atoms with E-state index in [9.17, 15) is 24.9 Å². The Kier molecular flexibility index (Phi) is 4.29. The van der Waals surface area contributed by atoms with Crippen LogP contribution in [0.25, 0.3) is 0 Å². The van der Waals surface area contributed by atoms with Gasteiger partial charge in [0.05, 0.1) is 17.0 Å². The van der Waals surface area contributed by atoms with Crippen molar-refractivity contribution in [2.45, 2.75) is 19.8 Å². The number of aromatic hydroxyl groups is 3. The average molecular weight is 356 g/mol. The van der Waals surface area contributed by atoms with Crippen molar-refractivity contribution >= 4 is 0 Å². The Morgan fingerprint density at radius 2 is 1.31 bits per heavy atom. The Balaban J connectivity index is 2.40. The molecule has 0 unspecified atom stereocenters. The normalized spacial score (nSPS) is 11.0. The highest BCUT2D eigenvalue weighted by molar-refractivity contribution is 5.51. The molecule has 7 heteroatoms. The lowest BCUT2D eigenvalue weighted by Gasteiger charge is -2.18. The lowest BCUT2D eigenvalue weighted by atomic mass is 9.85. The van der Waals surface area contributed by atoms with Crippen LogP contribution in [-0.4, -0.2) is 15.3 Å². The monoisotopic (exact) mass is 356 g/mol. The number of hydrogen-bond donors (Lipinski definition) is 3. The minimum absolute atomic E-state index is 0.112. The van der Waals surface area contributed by atoms with Crippen LogP contribution in [0.4, 0.5) is 0 Å². The molecule has 1 aromatic carbocycles. The maximum Gasteiger partial charge on any atom is 0.343 e. The highest BCUT2D eigenvalue weighted by atomic mass is 16.4. The lowest BCUT2D eigenvalue weighted by molar-refractivity contribution is 0.406. The highest BCUT2D eigenvalue weighted by Crippen LogP contribution is 2.38. The fourth-order valence-electron chi connectivity index (χ4n) is 2.92. The third kappa shape index (κ3) is 3.06. The maximum absolute atomic E-state index is 12.4. The molecule has 2 heterocycles. The molecule has 2 aromatic heterocycles. The second kappa shape index (κ2) is 6.44. The SMILES string of the molecule is Cc1cc(O)c(C(c2cccc(O)c2)c2c(O)cc(C)oc2=O)c(=O)o1. The minimum atomic E-state index is -1.20. The Hall–Kier alpha value is -3.48. The average Bonchev–Trinajstić information content (AvgIpc) is 2.51. The van der Waals surface area contributed by atoms with Gasteiger partial charge in [-0.25, -0.2) is 9.59 Å². The summed E-state index contributed by atoms with van der Waals surface area (Å²) in [5, 5.41) is 30.5. The van der Waals surface area contributed by atoms with Crippen molar-refractivity contribution in [2.75, 3.05) is 0 Å². The van der Waals surface area contributed by atoms with E-state index in [1.807, 2.05) is 0 Å². The summed E-state index contributed by atoms with van der Waals surface area (Å²) >= 11 is 0. The Morgan fingerprint density at radius 1 is 0.808 bits per heavy atom. The standard InChI is InChI=1S/C19H16O7/c1-9-6-13(21)16(18(23)25-9)15(11-4-3-5-12(20)8-11)17-14(22)7-10(2)26-19(17)24/h3-8,15,20-22H,1-2H3. The summed E-state index contributed by atoms with van der Waals surface area (Å²) in [6, 6.07) is 8.26. The molecule has 0 saturated carbocycles. The van der Waals surface area contributed by atoms with Gasteiger partial charge in [0, 0.05) is 12.1 Å². The number of hydrogen-bond acceptors (Lipinski definition) is 7. The first-order chi connectivity index (χ1) is 12.3. The zero-order chi connectivity index (χ0) is 19.0. The van der Waals surface area contributed by atoms with Crippen molar-refractivity contribution in [2.24, 2.45) is 0 Å². The van der Waals surface area contributed by atoms with Gasteiger partial charge in [-0.2, -0.15) is 0 Å². The molecule has 7 nitrogen and oxygen atoms in total. The third-order valence-corrected chi connectivity index (χ3v) is 3.96. The number of benzene rings is 1. The summed E-state index contributed by atoms with van der Waals surface area (Å²) < 4.78 is 10.1. The van der Waals surface area contributed by atoms with Gasteiger partial charge < -0.3 is 24.2 Å². The van der Waals surface area contributed by atoms with E-state index < -0.39 is 28.7 Å².